The topological polar surface area (TPSA) is 0 Å². The smallest absolute Gasteiger partial charge is 0.0965 e. The van der Waals surface area contributed by atoms with Crippen LogP contribution in [-0.4, -0.2) is 14.1 Å². The zero-order valence-corrected chi connectivity index (χ0v) is 7.14. The third kappa shape index (κ3) is 1.27. The van der Waals surface area contributed by atoms with Crippen molar-refractivity contribution in [3.8, 4) is 0 Å². The van der Waals surface area contributed by atoms with Crippen LogP contribution in [0, 0.1) is 0 Å². The summed E-state index contributed by atoms with van der Waals surface area (Å²) >= 11 is -0.154. The minimum Gasteiger partial charge on any atom is -0.0965 e. The minimum absolute atomic E-state index is 0.154. The molecule has 0 aromatic carbocycles. The Kier molecular flexibility index (Phi) is 2.41. The van der Waals surface area contributed by atoms with E-state index in [-0.39, 0.29) is 14.1 Å². The van der Waals surface area contributed by atoms with Crippen LogP contribution in [0.25, 0.3) is 0 Å². The van der Waals surface area contributed by atoms with E-state index < -0.39 is 0 Å². The molecule has 0 aliphatic carbocycles. The summed E-state index contributed by atoms with van der Waals surface area (Å²) in [6, 6.07) is 0. The molecule has 0 nitrogen and oxygen atoms in total. The van der Waals surface area contributed by atoms with Gasteiger partial charge in [-0.05, 0) is 0 Å². The quantitative estimate of drug-likeness (QED) is 0.474. The Labute approximate surface area is 56.7 Å². The fourth-order valence-electron chi connectivity index (χ4n) is 1.83. The first kappa shape index (κ1) is 6.65. The van der Waals surface area contributed by atoms with Gasteiger partial charge in [0.15, 0.2) is 0 Å². The summed E-state index contributed by atoms with van der Waals surface area (Å²) in [5, 5.41) is 3.18. The third-order valence-electron chi connectivity index (χ3n) is 2.56. The van der Waals surface area contributed by atoms with Crippen LogP contribution in [0.15, 0.2) is 0 Å². The molecule has 1 aliphatic heterocycles. The van der Waals surface area contributed by atoms with Crippen LogP contribution >= 0.6 is 0 Å². The summed E-state index contributed by atoms with van der Waals surface area (Å²) in [6.45, 7) is 4.83. The fraction of sp³-hybridized carbons (Fsp3) is 1.00. The van der Waals surface area contributed by atoms with E-state index in [2.05, 4.69) is 13.8 Å². The third-order valence-corrected chi connectivity index (χ3v) is 6.70. The lowest BCUT2D eigenvalue weighted by atomic mass is 10.3. The van der Waals surface area contributed by atoms with E-state index in [9.17, 15) is 0 Å². The van der Waals surface area contributed by atoms with Gasteiger partial charge in [0.05, 0.1) is 0 Å². The second-order valence-electron chi connectivity index (χ2n) is 3.08. The van der Waals surface area contributed by atoms with Gasteiger partial charge in [-0.2, -0.15) is 0 Å². The molecular weight excluding hydrogens is 111 g/mol. The molecule has 0 aromatic rings. The van der Waals surface area contributed by atoms with Crippen LogP contribution in [0.1, 0.15) is 26.7 Å². The normalized spacial score (nSPS) is 29.2. The van der Waals surface area contributed by atoms with Crippen LogP contribution in [0.2, 0.25) is 15.3 Å². The second kappa shape index (κ2) is 2.90. The van der Waals surface area contributed by atoms with Crippen molar-refractivity contribution in [3.63, 3.8) is 0 Å². The fourth-order valence-corrected chi connectivity index (χ4v) is 5.08. The van der Waals surface area contributed by atoms with Crippen LogP contribution in [0.4, 0.5) is 0 Å². The molecule has 0 radical (unpaired) electrons. The maximum absolute atomic E-state index is 2.45. The van der Waals surface area contributed by atoms with Crippen molar-refractivity contribution in [2.45, 2.75) is 42.0 Å². The molecule has 46 valence electrons. The van der Waals surface area contributed by atoms with Crippen molar-refractivity contribution in [2.24, 2.45) is 0 Å². The monoisotopic (exact) mass is 126 g/mol. The van der Waals surface area contributed by atoms with Gasteiger partial charge in [0, 0.05) is 0 Å². The van der Waals surface area contributed by atoms with E-state index in [1.54, 1.807) is 23.4 Å². The Hall–Kier alpha value is 0.532. The van der Waals surface area contributed by atoms with Gasteiger partial charge >= 0.3 is 0 Å². The maximum Gasteiger partial charge on any atom is 0.264 e. The molecule has 0 saturated carbocycles. The molecule has 0 aromatic heterocycles. The molecule has 0 spiro atoms. The zero-order chi connectivity index (χ0) is 5.98. The first-order valence-electron chi connectivity index (χ1n) is 3.84. The molecule has 8 heavy (non-hydrogen) atoms. The Morgan fingerprint density at radius 1 is 1.62 bits per heavy atom. The van der Waals surface area contributed by atoms with Crippen LogP contribution in [0.5, 0.6) is 0 Å². The van der Waals surface area contributed by atoms with Gasteiger partial charge in [-0.15, -0.1) is 0 Å². The molecule has 0 amide bonds. The first-order chi connectivity index (χ1) is 3.84. The van der Waals surface area contributed by atoms with E-state index >= 15 is 0 Å². The summed E-state index contributed by atoms with van der Waals surface area (Å²) in [5.74, 6) is 0. The average Bonchev–Trinajstić information content (AvgIpc) is 2.14. The Balaban J connectivity index is 2.30. The van der Waals surface area contributed by atoms with Gasteiger partial charge in [-0.1, -0.05) is 42.0 Å². The standard InChI is InChI=1S/C5H10.C2H5.Al/c1-3-5-4-2;1-2;/h4H,1,3,5H2,2H3;1H2,2H3;. The molecule has 1 heterocycles. The number of hydrogen-bond acceptors (Lipinski definition) is 0. The highest BCUT2D eigenvalue weighted by Crippen LogP contribution is 2.31. The maximum atomic E-state index is 2.45. The molecule has 1 atom stereocenters. The summed E-state index contributed by atoms with van der Waals surface area (Å²) < 4.78 is 1.17. The van der Waals surface area contributed by atoms with Crippen LogP contribution < -0.4 is 0 Å². The first-order valence-corrected chi connectivity index (χ1v) is 6.14. The largest absolute Gasteiger partial charge is 0.264 e. The molecule has 1 heteroatoms. The predicted molar refractivity (Wildman–Crippen MR) is 39.7 cm³/mol. The summed E-state index contributed by atoms with van der Waals surface area (Å²) in [7, 11) is 0. The summed E-state index contributed by atoms with van der Waals surface area (Å²) in [5.41, 5.74) is 0. The van der Waals surface area contributed by atoms with Crippen molar-refractivity contribution in [1.82, 2.24) is 0 Å². The number of hydrogen-bond donors (Lipinski definition) is 0. The lowest BCUT2D eigenvalue weighted by molar-refractivity contribution is 0.818. The highest BCUT2D eigenvalue weighted by atomic mass is 27.2. The molecule has 1 aliphatic rings. The number of rotatable bonds is 1. The molecular formula is C7H15Al. The van der Waals surface area contributed by atoms with Gasteiger partial charge in [0.25, 0.3) is 14.1 Å². The van der Waals surface area contributed by atoms with E-state index in [1.807, 2.05) is 0 Å². The van der Waals surface area contributed by atoms with E-state index in [0.717, 1.165) is 0 Å². The molecule has 0 bridgehead atoms. The SMILES string of the molecule is C[CH2][Al]1[CH2]CC[CH]1C. The van der Waals surface area contributed by atoms with Crippen molar-refractivity contribution in [1.29, 1.82) is 0 Å². The minimum atomic E-state index is -0.154. The van der Waals surface area contributed by atoms with E-state index in [4.69, 9.17) is 0 Å². The zero-order valence-electron chi connectivity index (χ0n) is 5.98. The average molecular weight is 126 g/mol. The second-order valence-corrected chi connectivity index (χ2v) is 7.13. The molecule has 1 fully saturated rings. The van der Waals surface area contributed by atoms with Gasteiger partial charge in [0.1, 0.15) is 0 Å². The Morgan fingerprint density at radius 2 is 2.38 bits per heavy atom. The van der Waals surface area contributed by atoms with Crippen molar-refractivity contribution in [2.75, 3.05) is 0 Å². The molecule has 1 saturated heterocycles. The van der Waals surface area contributed by atoms with Crippen molar-refractivity contribution in [3.05, 3.63) is 0 Å². The van der Waals surface area contributed by atoms with Crippen LogP contribution in [0.3, 0.4) is 0 Å². The summed E-state index contributed by atoms with van der Waals surface area (Å²) in [6.07, 6.45) is 3.09. The van der Waals surface area contributed by atoms with E-state index in [1.165, 1.54) is 4.78 Å². The molecule has 0 N–H and O–H groups in total. The van der Waals surface area contributed by atoms with Gasteiger partial charge in [-0.25, -0.2) is 0 Å². The molecule has 1 unspecified atom stereocenters. The van der Waals surface area contributed by atoms with Gasteiger partial charge < -0.3 is 0 Å². The molecule has 1 rings (SSSR count). The Morgan fingerprint density at radius 3 is 2.62 bits per heavy atom. The summed E-state index contributed by atoms with van der Waals surface area (Å²) in [4.78, 5) is 0. The van der Waals surface area contributed by atoms with Crippen molar-refractivity contribution >= 4 is 14.1 Å². The van der Waals surface area contributed by atoms with Gasteiger partial charge in [0.2, 0.25) is 0 Å². The lowest BCUT2D eigenvalue weighted by Crippen LogP contribution is -2.08. The predicted octanol–water partition coefficient (Wildman–Crippen LogP) is 2.69. The lowest BCUT2D eigenvalue weighted by Gasteiger charge is -2.03. The van der Waals surface area contributed by atoms with Crippen LogP contribution in [-0.2, 0) is 0 Å². The Bertz CT molecular complexity index is 70.8. The van der Waals surface area contributed by atoms with Crippen molar-refractivity contribution < 1.29 is 0 Å². The highest BCUT2D eigenvalue weighted by Gasteiger charge is 2.26. The highest BCUT2D eigenvalue weighted by molar-refractivity contribution is 6.61. The van der Waals surface area contributed by atoms with E-state index in [0.29, 0.717) is 0 Å². The van der Waals surface area contributed by atoms with Gasteiger partial charge in [-0.3, -0.25) is 0 Å².